The highest BCUT2D eigenvalue weighted by atomic mass is 79.9. The van der Waals surface area contributed by atoms with Crippen molar-refractivity contribution in [3.8, 4) is 11.5 Å². The number of aryl methyl sites for hydroxylation is 2. The van der Waals surface area contributed by atoms with Gasteiger partial charge in [0.25, 0.3) is 0 Å². The molecule has 0 aliphatic heterocycles. The monoisotopic (exact) mass is 430 g/mol. The molecule has 0 saturated carbocycles. The number of carbonyl (C=O) groups is 1. The molecule has 0 saturated heterocycles. The van der Waals surface area contributed by atoms with E-state index in [9.17, 15) is 4.79 Å². The molecule has 0 heterocycles. The molecule has 0 aliphatic carbocycles. The number of ether oxygens (including phenoxy) is 2. The van der Waals surface area contributed by atoms with Crippen LogP contribution in [0, 0.1) is 13.8 Å². The minimum Gasteiger partial charge on any atom is -0.492 e. The van der Waals surface area contributed by atoms with E-state index in [0.29, 0.717) is 34.6 Å². The first-order valence-corrected chi connectivity index (χ1v) is 8.97. The second kappa shape index (κ2) is 8.75. The zero-order chi connectivity index (χ0) is 17.7. The summed E-state index contributed by atoms with van der Waals surface area (Å²) < 4.78 is 12.0. The molecule has 0 radical (unpaired) electrons. The molecule has 0 aliphatic rings. The van der Waals surface area contributed by atoms with Gasteiger partial charge in [-0.25, -0.2) is 0 Å². The number of halogens is 3. The standard InChI is InChI=1S/C18H17BrCl2O3/c1-11-8-13(19)9-12(2)18(11)24-17(22)4-3-7-23-16-6-5-14(20)10-15(16)21/h5-6,8-10H,3-4,7H2,1-2H3. The third kappa shape index (κ3) is 5.40. The first-order valence-electron chi connectivity index (χ1n) is 7.42. The fraction of sp³-hybridized carbons (Fsp3) is 0.278. The van der Waals surface area contributed by atoms with Crippen molar-refractivity contribution in [1.29, 1.82) is 0 Å². The molecule has 128 valence electrons. The number of hydrogen-bond donors (Lipinski definition) is 0. The minimum absolute atomic E-state index is 0.264. The van der Waals surface area contributed by atoms with Crippen LogP contribution in [0.2, 0.25) is 10.0 Å². The topological polar surface area (TPSA) is 35.5 Å². The van der Waals surface area contributed by atoms with E-state index in [1.807, 2.05) is 26.0 Å². The van der Waals surface area contributed by atoms with E-state index in [1.165, 1.54) is 0 Å². The molecule has 0 atom stereocenters. The number of carbonyl (C=O) groups excluding carboxylic acids is 1. The average Bonchev–Trinajstić information content (AvgIpc) is 2.49. The zero-order valence-electron chi connectivity index (χ0n) is 13.4. The minimum atomic E-state index is -0.283. The summed E-state index contributed by atoms with van der Waals surface area (Å²) in [6, 6.07) is 8.86. The van der Waals surface area contributed by atoms with E-state index < -0.39 is 0 Å². The van der Waals surface area contributed by atoms with Gasteiger partial charge in [-0.15, -0.1) is 0 Å². The van der Waals surface area contributed by atoms with Crippen LogP contribution in [0.25, 0.3) is 0 Å². The SMILES string of the molecule is Cc1cc(Br)cc(C)c1OC(=O)CCCOc1ccc(Cl)cc1Cl. The Labute approximate surface area is 160 Å². The smallest absolute Gasteiger partial charge is 0.311 e. The fourth-order valence-electron chi connectivity index (χ4n) is 2.21. The van der Waals surface area contributed by atoms with Crippen LogP contribution >= 0.6 is 39.1 Å². The quantitative estimate of drug-likeness (QED) is 0.313. The second-order valence-electron chi connectivity index (χ2n) is 5.37. The first-order chi connectivity index (χ1) is 11.4. The number of esters is 1. The van der Waals surface area contributed by atoms with Gasteiger partial charge in [-0.1, -0.05) is 39.1 Å². The van der Waals surface area contributed by atoms with E-state index in [2.05, 4.69) is 15.9 Å². The highest BCUT2D eigenvalue weighted by Gasteiger charge is 2.11. The van der Waals surface area contributed by atoms with Crippen LogP contribution in [-0.2, 0) is 4.79 Å². The molecule has 0 aromatic heterocycles. The van der Waals surface area contributed by atoms with Gasteiger partial charge in [-0.3, -0.25) is 4.79 Å². The van der Waals surface area contributed by atoms with Crippen LogP contribution in [0.4, 0.5) is 0 Å². The third-order valence-electron chi connectivity index (χ3n) is 3.32. The van der Waals surface area contributed by atoms with Gasteiger partial charge in [0.15, 0.2) is 0 Å². The van der Waals surface area contributed by atoms with Crippen LogP contribution in [0.3, 0.4) is 0 Å². The van der Waals surface area contributed by atoms with Crippen molar-refractivity contribution in [1.82, 2.24) is 0 Å². The largest absolute Gasteiger partial charge is 0.492 e. The van der Waals surface area contributed by atoms with E-state index in [0.717, 1.165) is 15.6 Å². The van der Waals surface area contributed by atoms with Crippen molar-refractivity contribution in [2.24, 2.45) is 0 Å². The molecule has 0 fully saturated rings. The normalized spacial score (nSPS) is 10.5. The predicted molar refractivity (Wildman–Crippen MR) is 100 cm³/mol. The van der Waals surface area contributed by atoms with Gasteiger partial charge in [0, 0.05) is 15.9 Å². The highest BCUT2D eigenvalue weighted by molar-refractivity contribution is 9.10. The van der Waals surface area contributed by atoms with E-state index in [1.54, 1.807) is 18.2 Å². The van der Waals surface area contributed by atoms with Gasteiger partial charge in [-0.05, 0) is 61.7 Å². The molecule has 0 amide bonds. The van der Waals surface area contributed by atoms with E-state index in [-0.39, 0.29) is 12.4 Å². The van der Waals surface area contributed by atoms with Crippen LogP contribution in [0.1, 0.15) is 24.0 Å². The molecule has 2 aromatic rings. The van der Waals surface area contributed by atoms with Crippen LogP contribution < -0.4 is 9.47 Å². The van der Waals surface area contributed by atoms with Gasteiger partial charge in [0.1, 0.15) is 11.5 Å². The van der Waals surface area contributed by atoms with Crippen molar-refractivity contribution < 1.29 is 14.3 Å². The summed E-state index contributed by atoms with van der Waals surface area (Å²) in [6.07, 6.45) is 0.798. The van der Waals surface area contributed by atoms with Crippen LogP contribution in [-0.4, -0.2) is 12.6 Å². The number of benzene rings is 2. The van der Waals surface area contributed by atoms with Gasteiger partial charge in [0.05, 0.1) is 11.6 Å². The summed E-state index contributed by atoms with van der Waals surface area (Å²) in [5.74, 6) is 0.883. The summed E-state index contributed by atoms with van der Waals surface area (Å²) in [5, 5.41) is 1.00. The van der Waals surface area contributed by atoms with Gasteiger partial charge in [0.2, 0.25) is 0 Å². The second-order valence-corrected chi connectivity index (χ2v) is 7.13. The highest BCUT2D eigenvalue weighted by Crippen LogP contribution is 2.29. The molecule has 24 heavy (non-hydrogen) atoms. The Morgan fingerprint density at radius 1 is 1.12 bits per heavy atom. The molecular formula is C18H17BrCl2O3. The van der Waals surface area contributed by atoms with E-state index in [4.69, 9.17) is 32.7 Å². The molecule has 3 nitrogen and oxygen atoms in total. The summed E-state index contributed by atoms with van der Waals surface area (Å²) in [5.41, 5.74) is 1.83. The fourth-order valence-corrected chi connectivity index (χ4v) is 3.36. The predicted octanol–water partition coefficient (Wildman–Crippen LogP) is 6.14. The lowest BCUT2D eigenvalue weighted by molar-refractivity contribution is -0.134. The van der Waals surface area contributed by atoms with Crippen molar-refractivity contribution in [2.75, 3.05) is 6.61 Å². The molecule has 2 aromatic carbocycles. The molecule has 0 unspecified atom stereocenters. The maximum absolute atomic E-state index is 12.0. The Morgan fingerprint density at radius 2 is 1.79 bits per heavy atom. The van der Waals surface area contributed by atoms with Crippen molar-refractivity contribution >= 4 is 45.1 Å². The summed E-state index contributed by atoms with van der Waals surface area (Å²) in [4.78, 5) is 12.0. The molecule has 0 bridgehead atoms. The van der Waals surface area contributed by atoms with Crippen LogP contribution in [0.15, 0.2) is 34.8 Å². The van der Waals surface area contributed by atoms with Crippen LogP contribution in [0.5, 0.6) is 11.5 Å². The molecule has 6 heteroatoms. The lowest BCUT2D eigenvalue weighted by Gasteiger charge is -2.11. The Morgan fingerprint density at radius 3 is 2.42 bits per heavy atom. The average molecular weight is 432 g/mol. The van der Waals surface area contributed by atoms with Crippen molar-refractivity contribution in [3.63, 3.8) is 0 Å². The maximum atomic E-state index is 12.0. The summed E-state index contributed by atoms with van der Waals surface area (Å²) in [6.45, 7) is 4.19. The van der Waals surface area contributed by atoms with Crippen molar-refractivity contribution in [2.45, 2.75) is 26.7 Å². The Bertz CT molecular complexity index is 724. The molecule has 0 N–H and O–H groups in total. The lowest BCUT2D eigenvalue weighted by atomic mass is 10.1. The molecular weight excluding hydrogens is 415 g/mol. The Hall–Kier alpha value is -1.23. The molecule has 2 rings (SSSR count). The van der Waals surface area contributed by atoms with E-state index >= 15 is 0 Å². The number of rotatable bonds is 6. The van der Waals surface area contributed by atoms with Gasteiger partial charge < -0.3 is 9.47 Å². The van der Waals surface area contributed by atoms with Gasteiger partial charge in [-0.2, -0.15) is 0 Å². The Kier molecular flexibility index (Phi) is 6.96. The maximum Gasteiger partial charge on any atom is 0.311 e. The lowest BCUT2D eigenvalue weighted by Crippen LogP contribution is -2.11. The molecule has 0 spiro atoms. The zero-order valence-corrected chi connectivity index (χ0v) is 16.5. The summed E-state index contributed by atoms with van der Waals surface area (Å²) in [7, 11) is 0. The van der Waals surface area contributed by atoms with Gasteiger partial charge >= 0.3 is 5.97 Å². The summed E-state index contributed by atoms with van der Waals surface area (Å²) >= 11 is 15.3. The number of hydrogen-bond acceptors (Lipinski definition) is 3. The van der Waals surface area contributed by atoms with Crippen molar-refractivity contribution in [3.05, 3.63) is 56.0 Å². The Balaban J connectivity index is 1.82. The third-order valence-corrected chi connectivity index (χ3v) is 4.31. The first kappa shape index (κ1) is 19.1.